The third-order valence-electron chi connectivity index (χ3n) is 4.78. The quantitative estimate of drug-likeness (QED) is 0.461. The predicted octanol–water partition coefficient (Wildman–Crippen LogP) is 4.58. The highest BCUT2D eigenvalue weighted by Gasteiger charge is 2.12. The molecule has 0 saturated heterocycles. The lowest BCUT2D eigenvalue weighted by molar-refractivity contribution is -0.116. The van der Waals surface area contributed by atoms with Crippen molar-refractivity contribution in [1.29, 1.82) is 0 Å². The van der Waals surface area contributed by atoms with Crippen molar-refractivity contribution in [2.45, 2.75) is 46.0 Å². The topological polar surface area (TPSA) is 114 Å². The van der Waals surface area contributed by atoms with Gasteiger partial charge in [0.2, 0.25) is 27.6 Å². The van der Waals surface area contributed by atoms with Crippen LogP contribution in [-0.4, -0.2) is 30.2 Å². The van der Waals surface area contributed by atoms with Gasteiger partial charge >= 0.3 is 0 Å². The summed E-state index contributed by atoms with van der Waals surface area (Å²) in [6.07, 6.45) is 1.03. The number of hydrogen-bond acceptors (Lipinski definition) is 6. The van der Waals surface area contributed by atoms with Crippen LogP contribution in [0.25, 0.3) is 11.4 Å². The molecule has 0 aliphatic rings. The Labute approximate surface area is 188 Å². The van der Waals surface area contributed by atoms with E-state index >= 15 is 0 Å². The van der Waals surface area contributed by atoms with Crippen molar-refractivity contribution in [2.24, 2.45) is 0 Å². The number of sulfonamides is 1. The van der Waals surface area contributed by atoms with Crippen LogP contribution in [0.4, 0.5) is 11.4 Å². The molecule has 3 rings (SSSR count). The van der Waals surface area contributed by atoms with Gasteiger partial charge < -0.3 is 9.84 Å². The molecular weight excluding hydrogens is 428 g/mol. The van der Waals surface area contributed by atoms with Crippen molar-refractivity contribution in [3.05, 3.63) is 60.0 Å². The lowest BCUT2D eigenvalue weighted by Crippen LogP contribution is -2.16. The summed E-state index contributed by atoms with van der Waals surface area (Å²) in [4.78, 5) is 16.6. The highest BCUT2D eigenvalue weighted by Crippen LogP contribution is 2.21. The molecule has 0 bridgehead atoms. The van der Waals surface area contributed by atoms with E-state index in [0.717, 1.165) is 5.56 Å². The molecule has 8 nitrogen and oxygen atoms in total. The number of amides is 1. The first kappa shape index (κ1) is 23.5. The van der Waals surface area contributed by atoms with Gasteiger partial charge in [0.15, 0.2) is 0 Å². The molecule has 0 aliphatic heterocycles. The van der Waals surface area contributed by atoms with Crippen LogP contribution >= 0.6 is 0 Å². The molecule has 0 spiro atoms. The van der Waals surface area contributed by atoms with E-state index in [1.54, 1.807) is 31.2 Å². The minimum Gasteiger partial charge on any atom is -0.339 e. The van der Waals surface area contributed by atoms with Crippen LogP contribution in [0.15, 0.2) is 53.1 Å². The third kappa shape index (κ3) is 6.65. The molecule has 1 amide bonds. The Morgan fingerprint density at radius 1 is 1.03 bits per heavy atom. The Balaban J connectivity index is 1.51. The minimum absolute atomic E-state index is 0.0616. The lowest BCUT2D eigenvalue weighted by Gasteiger charge is -2.08. The van der Waals surface area contributed by atoms with Crippen LogP contribution in [0.2, 0.25) is 0 Å². The van der Waals surface area contributed by atoms with Gasteiger partial charge in [0, 0.05) is 29.8 Å². The Hall–Kier alpha value is -3.20. The van der Waals surface area contributed by atoms with Gasteiger partial charge in [0.1, 0.15) is 0 Å². The first-order valence-corrected chi connectivity index (χ1v) is 12.2. The zero-order valence-electron chi connectivity index (χ0n) is 18.5. The molecule has 2 N–H and O–H groups in total. The van der Waals surface area contributed by atoms with Gasteiger partial charge in [-0.1, -0.05) is 50.2 Å². The SMILES string of the molecule is CCCS(=O)(=O)Nc1ccc(NC(=O)CCc2nc(-c3ccc(C(C)C)cc3)no2)cc1. The van der Waals surface area contributed by atoms with E-state index < -0.39 is 10.0 Å². The molecule has 3 aromatic rings. The van der Waals surface area contributed by atoms with Crippen molar-refractivity contribution in [3.8, 4) is 11.4 Å². The molecular formula is C23H28N4O4S. The summed E-state index contributed by atoms with van der Waals surface area (Å²) in [5.41, 5.74) is 3.13. The first-order chi connectivity index (χ1) is 15.3. The summed E-state index contributed by atoms with van der Waals surface area (Å²) < 4.78 is 31.4. The Morgan fingerprint density at radius 2 is 1.69 bits per heavy atom. The maximum atomic E-state index is 12.3. The van der Waals surface area contributed by atoms with E-state index in [1.807, 2.05) is 24.3 Å². The molecule has 0 fully saturated rings. The fourth-order valence-corrected chi connectivity index (χ4v) is 4.19. The van der Waals surface area contributed by atoms with Crippen molar-refractivity contribution >= 4 is 27.3 Å². The van der Waals surface area contributed by atoms with Crippen LogP contribution in [0, 0.1) is 0 Å². The highest BCUT2D eigenvalue weighted by atomic mass is 32.2. The van der Waals surface area contributed by atoms with E-state index in [0.29, 0.717) is 41.8 Å². The monoisotopic (exact) mass is 456 g/mol. The second-order valence-corrected chi connectivity index (χ2v) is 9.68. The average molecular weight is 457 g/mol. The Morgan fingerprint density at radius 3 is 2.31 bits per heavy atom. The molecule has 1 heterocycles. The van der Waals surface area contributed by atoms with Gasteiger partial charge in [-0.25, -0.2) is 8.42 Å². The first-order valence-electron chi connectivity index (χ1n) is 10.6. The molecule has 170 valence electrons. The Kier molecular flexibility index (Phi) is 7.63. The normalized spacial score (nSPS) is 11.5. The van der Waals surface area contributed by atoms with E-state index in [9.17, 15) is 13.2 Å². The van der Waals surface area contributed by atoms with Crippen LogP contribution in [-0.2, 0) is 21.2 Å². The number of carbonyl (C=O) groups is 1. The maximum Gasteiger partial charge on any atom is 0.232 e. The number of nitrogens with one attached hydrogen (secondary N) is 2. The molecule has 2 aromatic carbocycles. The molecule has 0 aliphatic carbocycles. The fraction of sp³-hybridized carbons (Fsp3) is 0.348. The number of benzene rings is 2. The van der Waals surface area contributed by atoms with Gasteiger partial charge in [-0.2, -0.15) is 4.98 Å². The molecule has 9 heteroatoms. The number of aromatic nitrogens is 2. The van der Waals surface area contributed by atoms with Crippen LogP contribution in [0.3, 0.4) is 0 Å². The third-order valence-corrected chi connectivity index (χ3v) is 6.28. The number of hydrogen-bond donors (Lipinski definition) is 2. The van der Waals surface area contributed by atoms with Crippen molar-refractivity contribution in [1.82, 2.24) is 10.1 Å². The summed E-state index contributed by atoms with van der Waals surface area (Å²) >= 11 is 0. The van der Waals surface area contributed by atoms with E-state index in [2.05, 4.69) is 34.0 Å². The second kappa shape index (κ2) is 10.4. The number of anilines is 2. The smallest absolute Gasteiger partial charge is 0.232 e. The van der Waals surface area contributed by atoms with Crippen molar-refractivity contribution < 1.29 is 17.7 Å². The zero-order valence-corrected chi connectivity index (χ0v) is 19.3. The Bertz CT molecular complexity index is 1140. The number of rotatable bonds is 10. The van der Waals surface area contributed by atoms with E-state index in [-0.39, 0.29) is 18.1 Å². The maximum absolute atomic E-state index is 12.3. The fourth-order valence-electron chi connectivity index (χ4n) is 3.06. The summed E-state index contributed by atoms with van der Waals surface area (Å²) in [7, 11) is -3.34. The standard InChI is InChI=1S/C23H28N4O4S/c1-4-15-32(29,30)27-20-11-9-19(10-12-20)24-21(28)13-14-22-25-23(26-31-22)18-7-5-17(6-8-18)16(2)3/h5-12,16,27H,4,13-15H2,1-3H3,(H,24,28). The molecule has 0 saturated carbocycles. The zero-order chi connectivity index (χ0) is 23.1. The molecule has 1 aromatic heterocycles. The van der Waals surface area contributed by atoms with Crippen LogP contribution in [0.5, 0.6) is 0 Å². The highest BCUT2D eigenvalue weighted by molar-refractivity contribution is 7.92. The van der Waals surface area contributed by atoms with Gasteiger partial charge in [0.05, 0.1) is 5.75 Å². The van der Waals surface area contributed by atoms with Gasteiger partial charge in [-0.15, -0.1) is 0 Å². The predicted molar refractivity (Wildman–Crippen MR) is 125 cm³/mol. The van der Waals surface area contributed by atoms with E-state index in [1.165, 1.54) is 5.56 Å². The van der Waals surface area contributed by atoms with Crippen molar-refractivity contribution in [2.75, 3.05) is 15.8 Å². The van der Waals surface area contributed by atoms with Gasteiger partial charge in [0.25, 0.3) is 0 Å². The molecule has 0 atom stereocenters. The average Bonchev–Trinajstić information content (AvgIpc) is 3.22. The van der Waals surface area contributed by atoms with Gasteiger partial charge in [-0.3, -0.25) is 9.52 Å². The van der Waals surface area contributed by atoms with Crippen LogP contribution < -0.4 is 10.0 Å². The lowest BCUT2D eigenvalue weighted by atomic mass is 10.0. The summed E-state index contributed by atoms with van der Waals surface area (Å²) in [5, 5.41) is 6.78. The van der Waals surface area contributed by atoms with Crippen molar-refractivity contribution in [3.63, 3.8) is 0 Å². The van der Waals surface area contributed by atoms with Crippen LogP contribution in [0.1, 0.15) is 51.0 Å². The molecule has 0 unspecified atom stereocenters. The van der Waals surface area contributed by atoms with Gasteiger partial charge in [-0.05, 0) is 42.2 Å². The number of nitrogens with zero attached hydrogens (tertiary/aromatic N) is 2. The summed E-state index contributed by atoms with van der Waals surface area (Å²) in [6, 6.07) is 14.5. The number of carbonyl (C=O) groups excluding carboxylic acids is 1. The minimum atomic E-state index is -3.34. The summed E-state index contributed by atoms with van der Waals surface area (Å²) in [6.45, 7) is 6.07. The summed E-state index contributed by atoms with van der Waals surface area (Å²) in [5.74, 6) is 1.20. The van der Waals surface area contributed by atoms with E-state index in [4.69, 9.17) is 4.52 Å². The molecule has 0 radical (unpaired) electrons. The molecule has 32 heavy (non-hydrogen) atoms. The second-order valence-electron chi connectivity index (χ2n) is 7.83. The largest absolute Gasteiger partial charge is 0.339 e. The number of aryl methyl sites for hydroxylation is 1.